The van der Waals surface area contributed by atoms with E-state index in [1.54, 1.807) is 0 Å². The summed E-state index contributed by atoms with van der Waals surface area (Å²) in [5.41, 5.74) is 0.0256. The Labute approximate surface area is 129 Å². The number of hydrogen-bond acceptors (Lipinski definition) is 5. The predicted octanol–water partition coefficient (Wildman–Crippen LogP) is 2.31. The highest BCUT2D eigenvalue weighted by molar-refractivity contribution is 8.13. The molecule has 1 aromatic carbocycles. The maximum atomic E-state index is 13.9. The Hall–Kier alpha value is -1.22. The summed E-state index contributed by atoms with van der Waals surface area (Å²) in [4.78, 5) is 0. The van der Waals surface area contributed by atoms with Crippen molar-refractivity contribution in [2.45, 2.75) is 11.7 Å². The third-order valence-corrected chi connectivity index (χ3v) is 4.01. The standard InChI is InChI=1S/C11H10Cl2FN3O3S/c1-20-5-4-17-10(15-16-11(17)21(13,18)19)8-6-7(12)2-3-9(8)14/h2-3,6H,4-5H2,1H3. The Kier molecular flexibility index (Phi) is 4.82. The number of halogens is 3. The van der Waals surface area contributed by atoms with E-state index in [0.717, 1.165) is 6.07 Å². The van der Waals surface area contributed by atoms with Gasteiger partial charge < -0.3 is 4.74 Å². The van der Waals surface area contributed by atoms with E-state index in [-0.39, 0.29) is 29.6 Å². The highest BCUT2D eigenvalue weighted by Crippen LogP contribution is 2.27. The zero-order chi connectivity index (χ0) is 15.6. The zero-order valence-corrected chi connectivity index (χ0v) is 13.1. The molecule has 6 nitrogen and oxygen atoms in total. The van der Waals surface area contributed by atoms with Crippen LogP contribution in [0.3, 0.4) is 0 Å². The van der Waals surface area contributed by atoms with Gasteiger partial charge in [0.2, 0.25) is 0 Å². The van der Waals surface area contributed by atoms with Gasteiger partial charge in [0.15, 0.2) is 5.82 Å². The minimum absolute atomic E-state index is 0.00581. The van der Waals surface area contributed by atoms with Gasteiger partial charge in [-0.2, -0.15) is 0 Å². The van der Waals surface area contributed by atoms with Crippen LogP contribution in [0, 0.1) is 5.82 Å². The monoisotopic (exact) mass is 353 g/mol. The van der Waals surface area contributed by atoms with Crippen LogP contribution in [-0.2, 0) is 20.3 Å². The molecule has 2 aromatic rings. The molecule has 0 unspecified atom stereocenters. The van der Waals surface area contributed by atoms with Crippen LogP contribution in [0.1, 0.15) is 0 Å². The van der Waals surface area contributed by atoms with Gasteiger partial charge in [-0.15, -0.1) is 10.2 Å². The first-order chi connectivity index (χ1) is 9.84. The molecule has 0 saturated heterocycles. The van der Waals surface area contributed by atoms with Gasteiger partial charge in [0, 0.05) is 22.8 Å². The van der Waals surface area contributed by atoms with Crippen molar-refractivity contribution in [3.8, 4) is 11.4 Å². The third kappa shape index (κ3) is 3.52. The summed E-state index contributed by atoms with van der Waals surface area (Å²) in [7, 11) is 2.62. The lowest BCUT2D eigenvalue weighted by Crippen LogP contribution is -2.12. The number of rotatable bonds is 5. The molecule has 0 N–H and O–H groups in total. The molecular weight excluding hydrogens is 344 g/mol. The molecular formula is C11H10Cl2FN3O3S. The first-order valence-electron chi connectivity index (χ1n) is 5.67. The summed E-state index contributed by atoms with van der Waals surface area (Å²) in [6, 6.07) is 3.85. The van der Waals surface area contributed by atoms with Crippen molar-refractivity contribution in [1.29, 1.82) is 0 Å². The van der Waals surface area contributed by atoms with Crippen LogP contribution in [0.2, 0.25) is 5.02 Å². The fraction of sp³-hybridized carbons (Fsp3) is 0.273. The number of hydrogen-bond donors (Lipinski definition) is 0. The molecule has 0 radical (unpaired) electrons. The lowest BCUT2D eigenvalue weighted by molar-refractivity contribution is 0.185. The normalized spacial score (nSPS) is 11.8. The number of methoxy groups -OCH3 is 1. The van der Waals surface area contributed by atoms with Gasteiger partial charge in [0.25, 0.3) is 14.2 Å². The molecule has 0 bridgehead atoms. The molecule has 0 fully saturated rings. The molecule has 0 saturated carbocycles. The Balaban J connectivity index is 2.63. The second-order valence-corrected chi connectivity index (χ2v) is 6.91. The number of aromatic nitrogens is 3. The molecule has 1 aromatic heterocycles. The summed E-state index contributed by atoms with van der Waals surface area (Å²) in [5.74, 6) is -0.602. The van der Waals surface area contributed by atoms with Gasteiger partial charge in [-0.3, -0.25) is 4.57 Å². The van der Waals surface area contributed by atoms with E-state index in [0.29, 0.717) is 0 Å². The van der Waals surface area contributed by atoms with Crippen molar-refractivity contribution < 1.29 is 17.5 Å². The molecule has 0 aliphatic rings. The quantitative estimate of drug-likeness (QED) is 0.771. The second-order valence-electron chi connectivity index (χ2n) is 4.01. The van der Waals surface area contributed by atoms with Crippen molar-refractivity contribution >= 4 is 31.3 Å². The van der Waals surface area contributed by atoms with Gasteiger partial charge in [-0.1, -0.05) is 11.6 Å². The average molecular weight is 354 g/mol. The summed E-state index contributed by atoms with van der Waals surface area (Å²) in [5, 5.41) is 7.02. The van der Waals surface area contributed by atoms with E-state index < -0.39 is 20.0 Å². The van der Waals surface area contributed by atoms with E-state index in [4.69, 9.17) is 27.0 Å². The molecule has 114 valence electrons. The highest BCUT2D eigenvalue weighted by atomic mass is 35.7. The maximum Gasteiger partial charge on any atom is 0.296 e. The molecule has 2 rings (SSSR count). The minimum Gasteiger partial charge on any atom is -0.383 e. The van der Waals surface area contributed by atoms with Crippen molar-refractivity contribution in [3.63, 3.8) is 0 Å². The Morgan fingerprint density at radius 2 is 2.10 bits per heavy atom. The van der Waals surface area contributed by atoms with Crippen LogP contribution in [0.5, 0.6) is 0 Å². The van der Waals surface area contributed by atoms with E-state index in [1.165, 1.54) is 23.8 Å². The van der Waals surface area contributed by atoms with Gasteiger partial charge >= 0.3 is 0 Å². The molecule has 0 spiro atoms. The topological polar surface area (TPSA) is 74.1 Å². The zero-order valence-electron chi connectivity index (χ0n) is 10.8. The second kappa shape index (κ2) is 6.27. The average Bonchev–Trinajstić information content (AvgIpc) is 2.82. The fourth-order valence-corrected chi connectivity index (χ4v) is 2.82. The Morgan fingerprint density at radius 3 is 2.71 bits per heavy atom. The lowest BCUT2D eigenvalue weighted by Gasteiger charge is -2.09. The Bertz CT molecular complexity index is 764. The van der Waals surface area contributed by atoms with Crippen molar-refractivity contribution in [2.75, 3.05) is 13.7 Å². The van der Waals surface area contributed by atoms with Gasteiger partial charge in [-0.05, 0) is 18.2 Å². The maximum absolute atomic E-state index is 13.9. The van der Waals surface area contributed by atoms with Crippen molar-refractivity contribution in [2.24, 2.45) is 0 Å². The molecule has 0 aliphatic carbocycles. The summed E-state index contributed by atoms with van der Waals surface area (Å²) < 4.78 is 43.0. The number of ether oxygens (including phenoxy) is 1. The van der Waals surface area contributed by atoms with E-state index in [2.05, 4.69) is 10.2 Å². The van der Waals surface area contributed by atoms with Crippen molar-refractivity contribution in [3.05, 3.63) is 29.0 Å². The molecule has 1 heterocycles. The van der Waals surface area contributed by atoms with Crippen LogP contribution < -0.4 is 0 Å². The lowest BCUT2D eigenvalue weighted by atomic mass is 10.2. The van der Waals surface area contributed by atoms with Crippen LogP contribution in [0.25, 0.3) is 11.4 Å². The fourth-order valence-electron chi connectivity index (χ4n) is 1.72. The molecule has 0 aliphatic heterocycles. The van der Waals surface area contributed by atoms with Gasteiger partial charge in [0.1, 0.15) is 5.82 Å². The van der Waals surface area contributed by atoms with Crippen molar-refractivity contribution in [1.82, 2.24) is 14.8 Å². The molecule has 0 amide bonds. The van der Waals surface area contributed by atoms with Crippen LogP contribution in [-0.4, -0.2) is 36.9 Å². The summed E-state index contributed by atoms with van der Waals surface area (Å²) in [6.07, 6.45) is 0. The van der Waals surface area contributed by atoms with E-state index in [1.807, 2.05) is 0 Å². The largest absolute Gasteiger partial charge is 0.383 e. The predicted molar refractivity (Wildman–Crippen MR) is 75.3 cm³/mol. The SMILES string of the molecule is COCCn1c(-c2cc(Cl)ccc2F)nnc1S(=O)(=O)Cl. The van der Waals surface area contributed by atoms with Crippen LogP contribution in [0.4, 0.5) is 4.39 Å². The Morgan fingerprint density at radius 1 is 1.38 bits per heavy atom. The first kappa shape index (κ1) is 16.2. The minimum atomic E-state index is -4.12. The van der Waals surface area contributed by atoms with E-state index >= 15 is 0 Å². The summed E-state index contributed by atoms with van der Waals surface area (Å²) in [6.45, 7) is 0.263. The highest BCUT2D eigenvalue weighted by Gasteiger charge is 2.24. The van der Waals surface area contributed by atoms with E-state index in [9.17, 15) is 12.8 Å². The smallest absolute Gasteiger partial charge is 0.296 e. The third-order valence-electron chi connectivity index (χ3n) is 2.62. The summed E-state index contributed by atoms with van der Waals surface area (Å²) >= 11 is 5.83. The number of benzene rings is 1. The first-order valence-corrected chi connectivity index (χ1v) is 8.35. The van der Waals surface area contributed by atoms with Gasteiger partial charge in [-0.25, -0.2) is 12.8 Å². The van der Waals surface area contributed by atoms with Gasteiger partial charge in [0.05, 0.1) is 18.7 Å². The molecule has 0 atom stereocenters. The molecule has 10 heteroatoms. The van der Waals surface area contributed by atoms with Crippen LogP contribution >= 0.6 is 22.3 Å². The molecule has 21 heavy (non-hydrogen) atoms. The van der Waals surface area contributed by atoms with Crippen LogP contribution in [0.15, 0.2) is 23.4 Å². The number of nitrogens with zero attached hydrogens (tertiary/aromatic N) is 3.